The van der Waals surface area contributed by atoms with Crippen LogP contribution in [0, 0.1) is 17.7 Å². The largest absolute Gasteiger partial charge is 0.371 e. The summed E-state index contributed by atoms with van der Waals surface area (Å²) in [5.41, 5.74) is 1.82. The summed E-state index contributed by atoms with van der Waals surface area (Å²) < 4.78 is 13.1. The highest BCUT2D eigenvalue weighted by molar-refractivity contribution is 6.01. The topological polar surface area (TPSA) is 57.3 Å². The van der Waals surface area contributed by atoms with Crippen LogP contribution in [0.15, 0.2) is 60.9 Å². The normalized spacial score (nSPS) is 23.1. The van der Waals surface area contributed by atoms with Gasteiger partial charge in [-0.1, -0.05) is 12.1 Å². The zero-order valence-electron chi connectivity index (χ0n) is 14.6. The molecular formula is C21H19FN4O. The number of carbonyl (C=O) groups excluding carboxylic acids is 1. The predicted molar refractivity (Wildman–Crippen MR) is 103 cm³/mol. The Bertz CT molecular complexity index is 989. The Kier molecular flexibility index (Phi) is 3.70. The summed E-state index contributed by atoms with van der Waals surface area (Å²) in [5, 5.41) is 8.03. The Morgan fingerprint density at radius 3 is 2.63 bits per heavy atom. The third-order valence-corrected chi connectivity index (χ3v) is 5.61. The zero-order chi connectivity index (χ0) is 18.4. The van der Waals surface area contributed by atoms with Crippen molar-refractivity contribution in [2.24, 2.45) is 11.8 Å². The average Bonchev–Trinajstić information content (AvgIpc) is 3.11. The number of fused-ring (bicyclic) bond motifs is 2. The molecule has 2 aliphatic rings. The molecule has 1 aliphatic carbocycles. The van der Waals surface area contributed by atoms with Crippen molar-refractivity contribution >= 4 is 28.2 Å². The van der Waals surface area contributed by atoms with Crippen molar-refractivity contribution in [2.45, 2.75) is 6.04 Å². The Morgan fingerprint density at radius 1 is 1.07 bits per heavy atom. The Labute approximate surface area is 156 Å². The second kappa shape index (κ2) is 6.23. The van der Waals surface area contributed by atoms with Crippen molar-refractivity contribution in [3.63, 3.8) is 0 Å². The van der Waals surface area contributed by atoms with E-state index in [1.807, 2.05) is 36.4 Å². The van der Waals surface area contributed by atoms with Gasteiger partial charge in [0.05, 0.1) is 5.69 Å². The summed E-state index contributed by atoms with van der Waals surface area (Å²) in [6.45, 7) is 1.78. The molecule has 5 nitrogen and oxygen atoms in total. The zero-order valence-corrected chi connectivity index (χ0v) is 14.6. The quantitative estimate of drug-likeness (QED) is 0.748. The van der Waals surface area contributed by atoms with Crippen molar-refractivity contribution in [3.05, 3.63) is 66.7 Å². The van der Waals surface area contributed by atoms with Gasteiger partial charge in [0.15, 0.2) is 0 Å². The lowest BCUT2D eigenvalue weighted by Gasteiger charge is -2.22. The van der Waals surface area contributed by atoms with E-state index < -0.39 is 0 Å². The molecule has 2 N–H and O–H groups in total. The molecule has 1 aromatic heterocycles. The fourth-order valence-corrected chi connectivity index (χ4v) is 4.14. The molecule has 6 heteroatoms. The van der Waals surface area contributed by atoms with Gasteiger partial charge in [0.25, 0.3) is 0 Å². The molecule has 0 bridgehead atoms. The van der Waals surface area contributed by atoms with Crippen LogP contribution >= 0.6 is 0 Å². The van der Waals surface area contributed by atoms with Crippen LogP contribution in [-0.4, -0.2) is 30.1 Å². The van der Waals surface area contributed by atoms with E-state index in [0.717, 1.165) is 35.2 Å². The van der Waals surface area contributed by atoms with Gasteiger partial charge in [0, 0.05) is 59.8 Å². The van der Waals surface area contributed by atoms with Crippen LogP contribution in [0.25, 0.3) is 10.8 Å². The van der Waals surface area contributed by atoms with Gasteiger partial charge < -0.3 is 15.5 Å². The summed E-state index contributed by atoms with van der Waals surface area (Å²) in [7, 11) is 0. The first-order chi connectivity index (χ1) is 13.2. The van der Waals surface area contributed by atoms with Crippen LogP contribution < -0.4 is 15.5 Å². The summed E-state index contributed by atoms with van der Waals surface area (Å²) in [6.07, 6.45) is 3.51. The number of benzene rings is 2. The number of piperidine rings is 1. The van der Waals surface area contributed by atoms with Gasteiger partial charge in [-0.25, -0.2) is 9.18 Å². The molecule has 2 aromatic carbocycles. The standard InChI is InChI=1S/C21H19FN4O/c22-14-4-6-15(7-5-14)26-11-17-18(12-26)20(17)25-21(27)24-19-3-1-2-13-10-23-9-8-16(13)19/h1-10,17-18,20H,11-12H2,(H2,24,25,27). The van der Waals surface area contributed by atoms with E-state index in [-0.39, 0.29) is 17.9 Å². The number of hydrogen-bond donors (Lipinski definition) is 2. The first-order valence-electron chi connectivity index (χ1n) is 9.10. The van der Waals surface area contributed by atoms with Crippen molar-refractivity contribution in [2.75, 3.05) is 23.3 Å². The molecule has 0 spiro atoms. The lowest BCUT2D eigenvalue weighted by molar-refractivity contribution is 0.250. The number of rotatable bonds is 3. The molecular weight excluding hydrogens is 343 g/mol. The fourth-order valence-electron chi connectivity index (χ4n) is 4.14. The average molecular weight is 362 g/mol. The van der Waals surface area contributed by atoms with Crippen molar-refractivity contribution in [3.8, 4) is 0 Å². The highest BCUT2D eigenvalue weighted by atomic mass is 19.1. The smallest absolute Gasteiger partial charge is 0.319 e. The molecule has 3 aromatic rings. The molecule has 2 heterocycles. The highest BCUT2D eigenvalue weighted by Gasteiger charge is 2.56. The van der Waals surface area contributed by atoms with E-state index in [1.54, 1.807) is 12.4 Å². The number of nitrogens with one attached hydrogen (secondary N) is 2. The first-order valence-corrected chi connectivity index (χ1v) is 9.10. The van der Waals surface area contributed by atoms with Crippen LogP contribution in [0.4, 0.5) is 20.6 Å². The molecule has 2 atom stereocenters. The second-order valence-electron chi connectivity index (χ2n) is 7.24. The molecule has 5 rings (SSSR count). The molecule has 1 saturated heterocycles. The summed E-state index contributed by atoms with van der Waals surface area (Å²) in [5.74, 6) is 0.693. The van der Waals surface area contributed by atoms with Gasteiger partial charge in [0.1, 0.15) is 5.82 Å². The number of pyridine rings is 1. The van der Waals surface area contributed by atoms with Gasteiger partial charge in [-0.05, 0) is 36.4 Å². The molecule has 2 fully saturated rings. The fraction of sp³-hybridized carbons (Fsp3) is 0.238. The monoisotopic (exact) mass is 362 g/mol. The van der Waals surface area contributed by atoms with E-state index in [1.165, 1.54) is 12.1 Å². The predicted octanol–water partition coefficient (Wildman–Crippen LogP) is 3.63. The molecule has 27 heavy (non-hydrogen) atoms. The maximum atomic E-state index is 13.1. The number of aromatic nitrogens is 1. The summed E-state index contributed by atoms with van der Waals surface area (Å²) in [6, 6.07) is 14.3. The minimum absolute atomic E-state index is 0.174. The third kappa shape index (κ3) is 2.97. The van der Waals surface area contributed by atoms with E-state index in [0.29, 0.717) is 11.8 Å². The number of nitrogens with zero attached hydrogens (tertiary/aromatic N) is 2. The van der Waals surface area contributed by atoms with Crippen molar-refractivity contribution in [1.29, 1.82) is 0 Å². The molecule has 2 amide bonds. The Balaban J connectivity index is 1.20. The number of amides is 2. The number of halogens is 1. The third-order valence-electron chi connectivity index (χ3n) is 5.61. The van der Waals surface area contributed by atoms with Gasteiger partial charge >= 0.3 is 6.03 Å². The molecule has 136 valence electrons. The van der Waals surface area contributed by atoms with Crippen LogP contribution in [0.3, 0.4) is 0 Å². The molecule has 1 aliphatic heterocycles. The van der Waals surface area contributed by atoms with Gasteiger partial charge in [0.2, 0.25) is 0 Å². The summed E-state index contributed by atoms with van der Waals surface area (Å²) in [4.78, 5) is 18.8. The van der Waals surface area contributed by atoms with Gasteiger partial charge in [-0.15, -0.1) is 0 Å². The highest BCUT2D eigenvalue weighted by Crippen LogP contribution is 2.46. The maximum absolute atomic E-state index is 13.1. The maximum Gasteiger partial charge on any atom is 0.319 e. The minimum atomic E-state index is -0.219. The summed E-state index contributed by atoms with van der Waals surface area (Å²) >= 11 is 0. The van der Waals surface area contributed by atoms with E-state index in [2.05, 4.69) is 20.5 Å². The lowest BCUT2D eigenvalue weighted by atomic mass is 10.1. The Hall–Kier alpha value is -3.15. The number of carbonyl (C=O) groups is 1. The van der Waals surface area contributed by atoms with E-state index >= 15 is 0 Å². The molecule has 2 unspecified atom stereocenters. The molecule has 0 radical (unpaired) electrons. The van der Waals surface area contributed by atoms with Crippen LogP contribution in [-0.2, 0) is 0 Å². The van der Waals surface area contributed by atoms with Gasteiger partial charge in [-0.3, -0.25) is 4.98 Å². The number of anilines is 2. The van der Waals surface area contributed by atoms with E-state index in [9.17, 15) is 9.18 Å². The van der Waals surface area contributed by atoms with Gasteiger partial charge in [-0.2, -0.15) is 0 Å². The molecule has 1 saturated carbocycles. The first kappa shape index (κ1) is 16.1. The van der Waals surface area contributed by atoms with Crippen LogP contribution in [0.2, 0.25) is 0 Å². The number of hydrogen-bond acceptors (Lipinski definition) is 3. The van der Waals surface area contributed by atoms with Crippen LogP contribution in [0.5, 0.6) is 0 Å². The SMILES string of the molecule is O=C(Nc1cccc2cnccc12)NC1C2CN(c3ccc(F)cc3)CC21. The van der Waals surface area contributed by atoms with Crippen molar-refractivity contribution < 1.29 is 9.18 Å². The Morgan fingerprint density at radius 2 is 1.85 bits per heavy atom. The second-order valence-corrected chi connectivity index (χ2v) is 7.24. The van der Waals surface area contributed by atoms with E-state index in [4.69, 9.17) is 0 Å². The van der Waals surface area contributed by atoms with Crippen LogP contribution in [0.1, 0.15) is 0 Å². The minimum Gasteiger partial charge on any atom is -0.371 e. The number of urea groups is 1. The lowest BCUT2D eigenvalue weighted by Crippen LogP contribution is -2.37. The van der Waals surface area contributed by atoms with Crippen molar-refractivity contribution in [1.82, 2.24) is 10.3 Å².